The number of aromatic nitrogens is 2. The lowest BCUT2D eigenvalue weighted by Gasteiger charge is -2.23. The molecule has 2 heterocycles. The quantitative estimate of drug-likeness (QED) is 0.511. The third-order valence-electron chi connectivity index (χ3n) is 4.61. The number of hydrogen-bond donors (Lipinski definition) is 1. The van der Waals surface area contributed by atoms with Crippen molar-refractivity contribution in [2.24, 2.45) is 0 Å². The number of rotatable bonds is 4. The Hall–Kier alpha value is -2.10. The first-order chi connectivity index (χ1) is 14.0. The predicted molar refractivity (Wildman–Crippen MR) is 120 cm³/mol. The summed E-state index contributed by atoms with van der Waals surface area (Å²) in [6, 6.07) is 14.4. The molecule has 148 valence electrons. The van der Waals surface area contributed by atoms with Crippen LogP contribution in [0.2, 0.25) is 0 Å². The van der Waals surface area contributed by atoms with Gasteiger partial charge in [0, 0.05) is 26.6 Å². The fraction of sp³-hybridized carbons (Fsp3) is 0.200. The van der Waals surface area contributed by atoms with Gasteiger partial charge in [-0.1, -0.05) is 61.4 Å². The molecule has 4 rings (SSSR count). The van der Waals surface area contributed by atoms with Crippen LogP contribution in [0, 0.1) is 0 Å². The topological polar surface area (TPSA) is 75.2 Å². The highest BCUT2D eigenvalue weighted by Gasteiger charge is 2.35. The van der Waals surface area contributed by atoms with Gasteiger partial charge in [-0.15, -0.1) is 10.2 Å². The maximum atomic E-state index is 12.9. The van der Waals surface area contributed by atoms with Gasteiger partial charge in [0.25, 0.3) is 5.91 Å². The molecule has 6 nitrogen and oxygen atoms in total. The van der Waals surface area contributed by atoms with Crippen LogP contribution < -0.4 is 5.32 Å². The van der Waals surface area contributed by atoms with Gasteiger partial charge >= 0.3 is 0 Å². The molecule has 1 unspecified atom stereocenters. The number of benzene rings is 2. The van der Waals surface area contributed by atoms with Gasteiger partial charge in [0.1, 0.15) is 11.0 Å². The van der Waals surface area contributed by atoms with E-state index in [1.54, 1.807) is 17.0 Å². The van der Waals surface area contributed by atoms with Gasteiger partial charge in [-0.25, -0.2) is 0 Å². The van der Waals surface area contributed by atoms with Crippen LogP contribution in [0.5, 0.6) is 0 Å². The molecular weight excluding hydrogens is 520 g/mol. The molecule has 1 aromatic heterocycles. The molecule has 9 heteroatoms. The van der Waals surface area contributed by atoms with E-state index in [4.69, 9.17) is 0 Å². The van der Waals surface area contributed by atoms with Gasteiger partial charge in [0.15, 0.2) is 0 Å². The van der Waals surface area contributed by atoms with Gasteiger partial charge in [-0.3, -0.25) is 14.9 Å². The minimum atomic E-state index is -0.514. The average Bonchev–Trinajstić information content (AvgIpc) is 3.37. The molecule has 1 N–H and O–H groups in total. The van der Waals surface area contributed by atoms with Crippen molar-refractivity contribution < 1.29 is 9.59 Å². The van der Waals surface area contributed by atoms with Crippen molar-refractivity contribution in [2.75, 3.05) is 11.9 Å². The first-order valence-corrected chi connectivity index (χ1v) is 11.4. The summed E-state index contributed by atoms with van der Waals surface area (Å²) in [5.41, 5.74) is 1.48. The van der Waals surface area contributed by atoms with E-state index in [0.717, 1.165) is 25.9 Å². The number of halogens is 2. The van der Waals surface area contributed by atoms with Gasteiger partial charge in [0.05, 0.1) is 0 Å². The molecule has 0 spiro atoms. The Morgan fingerprint density at radius 2 is 1.83 bits per heavy atom. The van der Waals surface area contributed by atoms with E-state index in [9.17, 15) is 9.59 Å². The zero-order chi connectivity index (χ0) is 20.4. The monoisotopic (exact) mass is 534 g/mol. The minimum Gasteiger partial charge on any atom is -0.327 e. The van der Waals surface area contributed by atoms with E-state index in [0.29, 0.717) is 23.7 Å². The highest BCUT2D eigenvalue weighted by molar-refractivity contribution is 9.10. The summed E-state index contributed by atoms with van der Waals surface area (Å²) in [6.07, 6.45) is 1.42. The zero-order valence-electron chi connectivity index (χ0n) is 15.1. The van der Waals surface area contributed by atoms with Gasteiger partial charge in [0.2, 0.25) is 11.0 Å². The largest absolute Gasteiger partial charge is 0.327 e. The highest BCUT2D eigenvalue weighted by Crippen LogP contribution is 2.29. The molecule has 1 aliphatic heterocycles. The van der Waals surface area contributed by atoms with E-state index in [2.05, 4.69) is 47.4 Å². The van der Waals surface area contributed by atoms with Crippen molar-refractivity contribution in [1.82, 2.24) is 15.1 Å². The summed E-state index contributed by atoms with van der Waals surface area (Å²) in [6.45, 7) is 0.558. The lowest BCUT2D eigenvalue weighted by atomic mass is 10.1. The molecule has 0 saturated carbocycles. The lowest BCUT2D eigenvalue weighted by Crippen LogP contribution is -2.43. The zero-order valence-corrected chi connectivity index (χ0v) is 19.1. The molecule has 0 bridgehead atoms. The van der Waals surface area contributed by atoms with Crippen LogP contribution in [0.15, 0.2) is 57.5 Å². The second-order valence-electron chi connectivity index (χ2n) is 6.58. The summed E-state index contributed by atoms with van der Waals surface area (Å²) < 4.78 is 1.78. The molecule has 3 aromatic rings. The Labute approximate surface area is 188 Å². The van der Waals surface area contributed by atoms with Crippen molar-refractivity contribution in [3.8, 4) is 10.6 Å². The molecule has 0 radical (unpaired) electrons. The van der Waals surface area contributed by atoms with Gasteiger partial charge < -0.3 is 4.90 Å². The molecule has 2 amide bonds. The normalized spacial score (nSPS) is 16.1. The smallest absolute Gasteiger partial charge is 0.254 e. The fourth-order valence-corrected chi connectivity index (χ4v) is 4.81. The van der Waals surface area contributed by atoms with Crippen LogP contribution in [0.4, 0.5) is 5.13 Å². The SMILES string of the molecule is O=C(Nc1nnc(-c2cccc(Br)c2)s1)C1CCCN1C(=O)c1cccc(Br)c1. The molecule has 2 aromatic carbocycles. The average molecular weight is 536 g/mol. The predicted octanol–water partition coefficient (Wildman–Crippen LogP) is 4.97. The summed E-state index contributed by atoms with van der Waals surface area (Å²) in [5.74, 6) is -0.376. The first-order valence-electron chi connectivity index (χ1n) is 8.98. The first kappa shape index (κ1) is 20.2. The Balaban J connectivity index is 1.47. The molecule has 29 heavy (non-hydrogen) atoms. The maximum absolute atomic E-state index is 12.9. The fourth-order valence-electron chi connectivity index (χ4n) is 3.27. The van der Waals surface area contributed by atoms with E-state index >= 15 is 0 Å². The highest BCUT2D eigenvalue weighted by atomic mass is 79.9. The molecule has 1 saturated heterocycles. The Morgan fingerprint density at radius 1 is 1.07 bits per heavy atom. The number of anilines is 1. The van der Waals surface area contributed by atoms with Gasteiger partial charge in [-0.2, -0.15) is 0 Å². The number of likely N-dealkylation sites (tertiary alicyclic amines) is 1. The van der Waals surface area contributed by atoms with Crippen molar-refractivity contribution in [1.29, 1.82) is 0 Å². The van der Waals surface area contributed by atoms with Crippen LogP contribution in [-0.4, -0.2) is 39.5 Å². The Bertz CT molecular complexity index is 1070. The minimum absolute atomic E-state index is 0.143. The molecule has 1 aliphatic rings. The van der Waals surface area contributed by atoms with Crippen molar-refractivity contribution in [3.63, 3.8) is 0 Å². The van der Waals surface area contributed by atoms with Crippen LogP contribution >= 0.6 is 43.2 Å². The number of carbonyl (C=O) groups excluding carboxylic acids is 2. The Kier molecular flexibility index (Phi) is 6.07. The van der Waals surface area contributed by atoms with Crippen LogP contribution in [0.1, 0.15) is 23.2 Å². The number of nitrogens with one attached hydrogen (secondary N) is 1. The molecule has 0 aliphatic carbocycles. The third kappa shape index (κ3) is 4.57. The van der Waals surface area contributed by atoms with Gasteiger partial charge in [-0.05, 0) is 43.2 Å². The van der Waals surface area contributed by atoms with Crippen molar-refractivity contribution in [3.05, 3.63) is 63.0 Å². The Morgan fingerprint density at radius 3 is 2.59 bits per heavy atom. The van der Waals surface area contributed by atoms with Crippen LogP contribution in [-0.2, 0) is 4.79 Å². The van der Waals surface area contributed by atoms with E-state index in [-0.39, 0.29) is 11.8 Å². The van der Waals surface area contributed by atoms with Crippen molar-refractivity contribution in [2.45, 2.75) is 18.9 Å². The van der Waals surface area contributed by atoms with E-state index in [1.165, 1.54) is 11.3 Å². The molecular formula is C20H16Br2N4O2S. The number of amides is 2. The number of hydrogen-bond acceptors (Lipinski definition) is 5. The lowest BCUT2D eigenvalue weighted by molar-refractivity contribution is -0.119. The van der Waals surface area contributed by atoms with Crippen LogP contribution in [0.25, 0.3) is 10.6 Å². The maximum Gasteiger partial charge on any atom is 0.254 e. The second-order valence-corrected chi connectivity index (χ2v) is 9.39. The summed E-state index contributed by atoms with van der Waals surface area (Å²) in [4.78, 5) is 27.4. The van der Waals surface area contributed by atoms with Crippen LogP contribution in [0.3, 0.4) is 0 Å². The third-order valence-corrected chi connectivity index (χ3v) is 6.49. The second kappa shape index (κ2) is 8.73. The standard InChI is InChI=1S/C20H16Br2N4O2S/c21-14-6-1-4-12(10-14)18-24-25-20(29-18)23-17(27)16-8-3-9-26(16)19(28)13-5-2-7-15(22)11-13/h1-2,4-7,10-11,16H,3,8-9H2,(H,23,25,27). The molecule has 1 fully saturated rings. The number of nitrogens with zero attached hydrogens (tertiary/aromatic N) is 3. The summed E-state index contributed by atoms with van der Waals surface area (Å²) in [7, 11) is 0. The van der Waals surface area contributed by atoms with Crippen molar-refractivity contribution >= 4 is 60.1 Å². The summed E-state index contributed by atoms with van der Waals surface area (Å²) >= 11 is 8.13. The number of carbonyl (C=O) groups is 2. The summed E-state index contributed by atoms with van der Waals surface area (Å²) in [5, 5.41) is 12.2. The van der Waals surface area contributed by atoms with E-state index < -0.39 is 6.04 Å². The van der Waals surface area contributed by atoms with E-state index in [1.807, 2.05) is 36.4 Å². The molecule has 1 atom stereocenters.